The van der Waals surface area contributed by atoms with E-state index in [1.807, 2.05) is 27.7 Å². The Balaban J connectivity index is 0. The van der Waals surface area contributed by atoms with Gasteiger partial charge in [0, 0.05) is 50.6 Å². The Hall–Kier alpha value is -1.61. The number of amides is 2. The first-order valence-corrected chi connectivity index (χ1v) is 15.8. The molecule has 0 spiro atoms. The van der Waals surface area contributed by atoms with Crippen LogP contribution in [0.15, 0.2) is 0 Å². The summed E-state index contributed by atoms with van der Waals surface area (Å²) in [7, 11) is -4.04. The van der Waals surface area contributed by atoms with Gasteiger partial charge in [0.15, 0.2) is 0 Å². The van der Waals surface area contributed by atoms with E-state index in [-0.39, 0.29) is 42.6 Å². The summed E-state index contributed by atoms with van der Waals surface area (Å²) < 4.78 is 20.8. The highest BCUT2D eigenvalue weighted by Gasteiger charge is 2.22. The van der Waals surface area contributed by atoms with Crippen LogP contribution in [0.1, 0.15) is 113 Å². The predicted molar refractivity (Wildman–Crippen MR) is 154 cm³/mol. The first-order valence-electron chi connectivity index (χ1n) is 14.3. The summed E-state index contributed by atoms with van der Waals surface area (Å²) in [5.41, 5.74) is 0. The first-order chi connectivity index (χ1) is 18.1. The maximum Gasteiger partial charge on any atom is 0.472 e. The summed E-state index contributed by atoms with van der Waals surface area (Å²) in [6.45, 7) is 15.9. The number of nitrogens with one attached hydrogen (secondary N) is 2. The van der Waals surface area contributed by atoms with Crippen LogP contribution in [-0.2, 0) is 32.8 Å². The lowest BCUT2D eigenvalue weighted by molar-refractivity contribution is -0.123. The molecule has 0 aromatic carbocycles. The van der Waals surface area contributed by atoms with Crippen LogP contribution in [-0.4, -0.2) is 54.1 Å². The number of Topliss-reactive ketones (excluding diaryl/α,β-unsaturated/α-hetero) is 2. The summed E-state index contributed by atoms with van der Waals surface area (Å²) in [4.78, 5) is 54.9. The lowest BCUT2D eigenvalue weighted by atomic mass is 10.0. The van der Waals surface area contributed by atoms with E-state index in [2.05, 4.69) is 24.5 Å². The van der Waals surface area contributed by atoms with Crippen LogP contribution in [0.5, 0.6) is 0 Å². The molecule has 0 fully saturated rings. The van der Waals surface area contributed by atoms with Crippen molar-refractivity contribution >= 4 is 31.2 Å². The van der Waals surface area contributed by atoms with Gasteiger partial charge < -0.3 is 15.5 Å². The number of unbranched alkanes of at least 4 members (excludes halogenated alkanes) is 2. The van der Waals surface area contributed by atoms with E-state index in [0.717, 1.165) is 25.8 Å². The van der Waals surface area contributed by atoms with Gasteiger partial charge in [0.1, 0.15) is 11.6 Å². The van der Waals surface area contributed by atoms with Crippen molar-refractivity contribution in [3.05, 3.63) is 0 Å². The maximum absolute atomic E-state index is 11.5. The van der Waals surface area contributed by atoms with Crippen LogP contribution in [0, 0.1) is 17.8 Å². The number of carbonyl (C=O) groups is 4. The van der Waals surface area contributed by atoms with Gasteiger partial charge in [0.25, 0.3) is 0 Å². The fourth-order valence-electron chi connectivity index (χ4n) is 3.07. The van der Waals surface area contributed by atoms with Gasteiger partial charge in [-0.05, 0) is 51.9 Å². The molecule has 1 unspecified atom stereocenters. The van der Waals surface area contributed by atoms with Gasteiger partial charge in [-0.15, -0.1) is 0 Å². The van der Waals surface area contributed by atoms with Gasteiger partial charge in [0.05, 0.1) is 12.7 Å². The molecule has 2 amide bonds. The van der Waals surface area contributed by atoms with Gasteiger partial charge in [-0.2, -0.15) is 0 Å². The zero-order valence-corrected chi connectivity index (χ0v) is 26.4. The van der Waals surface area contributed by atoms with Gasteiger partial charge in [0.2, 0.25) is 11.8 Å². The molecule has 0 saturated carbocycles. The van der Waals surface area contributed by atoms with E-state index in [0.29, 0.717) is 50.2 Å². The minimum Gasteiger partial charge on any atom is -0.356 e. The van der Waals surface area contributed by atoms with E-state index in [1.165, 1.54) is 0 Å². The third-order valence-electron chi connectivity index (χ3n) is 5.51. The number of hydrogen-bond acceptors (Lipinski definition) is 7. The normalized spacial score (nSPS) is 12.7. The monoisotopic (exact) mass is 578 g/mol. The maximum atomic E-state index is 11.5. The molecule has 0 bridgehead atoms. The van der Waals surface area contributed by atoms with Crippen molar-refractivity contribution in [3.63, 3.8) is 0 Å². The van der Waals surface area contributed by atoms with Crippen molar-refractivity contribution in [2.45, 2.75) is 119 Å². The first kappa shape index (κ1) is 39.5. The average Bonchev–Trinajstić information content (AvgIpc) is 2.81. The number of carbonyl (C=O) groups excluding carboxylic acids is 4. The van der Waals surface area contributed by atoms with Crippen LogP contribution >= 0.6 is 7.82 Å². The highest BCUT2D eigenvalue weighted by atomic mass is 31.2. The minimum absolute atomic E-state index is 0.0354. The SMILES string of the molecule is CC(C)CCNC(=O)CCCCC(=O)C(C)C.CC(C)OP(=O)(O)OCCNC(=O)CCCCC(=O)C(C)C. The fourth-order valence-corrected chi connectivity index (χ4v) is 3.99. The third kappa shape index (κ3) is 27.7. The molecule has 10 nitrogen and oxygen atoms in total. The Kier molecular flexibility index (Phi) is 23.4. The van der Waals surface area contributed by atoms with Crippen LogP contribution in [0.3, 0.4) is 0 Å². The summed E-state index contributed by atoms with van der Waals surface area (Å²) in [5, 5.41) is 5.48. The molecule has 0 aliphatic carbocycles. The number of ketones is 2. The lowest BCUT2D eigenvalue weighted by Gasteiger charge is -2.14. The highest BCUT2D eigenvalue weighted by molar-refractivity contribution is 7.47. The van der Waals surface area contributed by atoms with E-state index in [4.69, 9.17) is 9.05 Å². The van der Waals surface area contributed by atoms with Crippen molar-refractivity contribution in [3.8, 4) is 0 Å². The van der Waals surface area contributed by atoms with Crippen molar-refractivity contribution in [1.82, 2.24) is 10.6 Å². The molecule has 0 heterocycles. The van der Waals surface area contributed by atoms with E-state index >= 15 is 0 Å². The lowest BCUT2D eigenvalue weighted by Crippen LogP contribution is -2.26. The average molecular weight is 579 g/mol. The second kappa shape index (κ2) is 23.1. The Morgan fingerprint density at radius 3 is 1.49 bits per heavy atom. The standard InChI is InChI=1S/C14H28NO6P.C14H27NO2/c1-11(2)13(16)7-5-6-8-14(17)15-9-10-20-22(18,19)21-12(3)4;1-11(2)9-10-15-14(17)8-6-5-7-13(16)12(3)4/h11-12H,5-10H2,1-4H3,(H,15,17)(H,18,19);11-12H,5-10H2,1-4H3,(H,15,17). The van der Waals surface area contributed by atoms with Crippen molar-refractivity contribution in [2.24, 2.45) is 17.8 Å². The molecule has 0 rings (SSSR count). The zero-order valence-electron chi connectivity index (χ0n) is 25.5. The molecular weight excluding hydrogens is 523 g/mol. The van der Waals surface area contributed by atoms with Crippen LogP contribution < -0.4 is 10.6 Å². The Morgan fingerprint density at radius 1 is 0.692 bits per heavy atom. The van der Waals surface area contributed by atoms with Crippen molar-refractivity contribution in [1.29, 1.82) is 0 Å². The number of rotatable bonds is 21. The molecular formula is C28H55N2O8P. The molecule has 0 aromatic rings. The molecule has 0 aliphatic rings. The van der Waals surface area contributed by atoms with Crippen LogP contribution in [0.4, 0.5) is 0 Å². The van der Waals surface area contributed by atoms with E-state index in [9.17, 15) is 28.6 Å². The molecule has 0 radical (unpaired) electrons. The second-order valence-electron chi connectivity index (χ2n) is 11.0. The van der Waals surface area contributed by atoms with Gasteiger partial charge in [-0.1, -0.05) is 41.5 Å². The molecule has 230 valence electrons. The Bertz CT molecular complexity index is 754. The molecule has 11 heteroatoms. The van der Waals surface area contributed by atoms with Gasteiger partial charge in [-0.3, -0.25) is 28.2 Å². The summed E-state index contributed by atoms with van der Waals surface area (Å²) in [6.07, 6.45) is 5.55. The largest absolute Gasteiger partial charge is 0.472 e. The number of phosphoric ester groups is 1. The minimum atomic E-state index is -4.04. The molecule has 3 N–H and O–H groups in total. The molecule has 0 saturated heterocycles. The molecule has 0 aliphatic heterocycles. The topological polar surface area (TPSA) is 148 Å². The summed E-state index contributed by atoms with van der Waals surface area (Å²) >= 11 is 0. The van der Waals surface area contributed by atoms with Gasteiger partial charge in [-0.25, -0.2) is 4.57 Å². The van der Waals surface area contributed by atoms with Crippen molar-refractivity contribution < 1.29 is 37.7 Å². The van der Waals surface area contributed by atoms with Gasteiger partial charge >= 0.3 is 7.82 Å². The van der Waals surface area contributed by atoms with Crippen LogP contribution in [0.2, 0.25) is 0 Å². The van der Waals surface area contributed by atoms with Crippen LogP contribution in [0.25, 0.3) is 0 Å². The smallest absolute Gasteiger partial charge is 0.356 e. The Morgan fingerprint density at radius 2 is 1.10 bits per heavy atom. The molecule has 0 aromatic heterocycles. The fraction of sp³-hybridized carbons (Fsp3) is 0.857. The Labute approximate surface area is 236 Å². The number of hydrogen-bond donors (Lipinski definition) is 3. The third-order valence-corrected chi connectivity index (χ3v) is 6.71. The molecule has 39 heavy (non-hydrogen) atoms. The summed E-state index contributed by atoms with van der Waals surface area (Å²) in [6, 6.07) is 0. The zero-order chi connectivity index (χ0) is 30.4. The van der Waals surface area contributed by atoms with Crippen molar-refractivity contribution in [2.75, 3.05) is 19.7 Å². The number of phosphoric acid groups is 1. The molecule has 1 atom stereocenters. The predicted octanol–water partition coefficient (Wildman–Crippen LogP) is 5.36. The second-order valence-corrected chi connectivity index (χ2v) is 12.4. The van der Waals surface area contributed by atoms with E-state index < -0.39 is 13.9 Å². The highest BCUT2D eigenvalue weighted by Crippen LogP contribution is 2.44. The van der Waals surface area contributed by atoms with E-state index in [1.54, 1.807) is 13.8 Å². The summed E-state index contributed by atoms with van der Waals surface area (Å²) in [5.74, 6) is 1.23. The quantitative estimate of drug-likeness (QED) is 0.122.